The molecule has 1 unspecified atom stereocenters. The molecular formula is C28H39N2O3+. The first-order valence-corrected chi connectivity index (χ1v) is 12.5. The summed E-state index contributed by atoms with van der Waals surface area (Å²) in [5.41, 5.74) is -1.04. The highest BCUT2D eigenvalue weighted by Gasteiger charge is 2.48. The predicted octanol–water partition coefficient (Wildman–Crippen LogP) is 5.62. The fourth-order valence-corrected chi connectivity index (χ4v) is 5.35. The molecule has 4 rings (SSSR count). The van der Waals surface area contributed by atoms with E-state index in [-0.39, 0.29) is 11.8 Å². The number of nitrogens with zero attached hydrogens (tertiary/aromatic N) is 2. The van der Waals surface area contributed by atoms with Crippen molar-refractivity contribution in [1.82, 2.24) is 4.98 Å². The normalized spacial score (nSPS) is 21.1. The molecule has 2 atom stereocenters. The van der Waals surface area contributed by atoms with Crippen LogP contribution < -0.4 is 4.74 Å². The lowest BCUT2D eigenvalue weighted by Gasteiger charge is -2.41. The van der Waals surface area contributed by atoms with Gasteiger partial charge in [0.25, 0.3) is 0 Å². The van der Waals surface area contributed by atoms with E-state index >= 15 is 0 Å². The largest absolute Gasteiger partial charge is 0.493 e. The van der Waals surface area contributed by atoms with Gasteiger partial charge in [-0.2, -0.15) is 0 Å². The van der Waals surface area contributed by atoms with Crippen molar-refractivity contribution in [2.24, 2.45) is 11.8 Å². The van der Waals surface area contributed by atoms with Crippen LogP contribution in [0.1, 0.15) is 56.6 Å². The van der Waals surface area contributed by atoms with Gasteiger partial charge in [-0.15, -0.1) is 0 Å². The van der Waals surface area contributed by atoms with Crippen LogP contribution in [-0.2, 0) is 12.1 Å². The van der Waals surface area contributed by atoms with E-state index in [0.717, 1.165) is 54.8 Å². The minimum Gasteiger partial charge on any atom is -0.493 e. The zero-order chi connectivity index (χ0) is 23.2. The second kappa shape index (κ2) is 10.7. The fraction of sp³-hybridized carbons (Fsp3) is 0.536. The van der Waals surface area contributed by atoms with Crippen molar-refractivity contribution in [1.29, 1.82) is 0 Å². The summed E-state index contributed by atoms with van der Waals surface area (Å²) in [6.07, 6.45) is 17.6. The fourth-order valence-electron chi connectivity index (χ4n) is 5.35. The van der Waals surface area contributed by atoms with Gasteiger partial charge in [-0.25, -0.2) is 4.98 Å². The molecule has 1 heterocycles. The average Bonchev–Trinajstić information content (AvgIpc) is 3.31. The predicted molar refractivity (Wildman–Crippen MR) is 131 cm³/mol. The molecule has 0 aliphatic heterocycles. The van der Waals surface area contributed by atoms with Crippen molar-refractivity contribution in [2.75, 3.05) is 27.2 Å². The summed E-state index contributed by atoms with van der Waals surface area (Å²) >= 11 is 0. The zero-order valence-corrected chi connectivity index (χ0v) is 20.2. The molecule has 0 saturated heterocycles. The third-order valence-corrected chi connectivity index (χ3v) is 7.17. The van der Waals surface area contributed by atoms with Gasteiger partial charge in [-0.1, -0.05) is 61.8 Å². The number of aromatic nitrogens is 1. The van der Waals surface area contributed by atoms with E-state index in [1.165, 1.54) is 19.3 Å². The molecule has 1 saturated carbocycles. The van der Waals surface area contributed by atoms with Gasteiger partial charge >= 0.3 is 0 Å². The molecule has 0 spiro atoms. The molecule has 2 aliphatic carbocycles. The van der Waals surface area contributed by atoms with Crippen LogP contribution in [0.3, 0.4) is 0 Å². The van der Waals surface area contributed by atoms with E-state index in [4.69, 9.17) is 9.15 Å². The lowest BCUT2D eigenvalue weighted by Crippen LogP contribution is -2.43. The number of oxazole rings is 1. The van der Waals surface area contributed by atoms with Gasteiger partial charge in [0.2, 0.25) is 5.89 Å². The summed E-state index contributed by atoms with van der Waals surface area (Å²) in [4.78, 5) is 4.65. The minimum atomic E-state index is -1.04. The number of aliphatic hydroxyl groups is 1. The van der Waals surface area contributed by atoms with Gasteiger partial charge in [-0.05, 0) is 37.3 Å². The molecule has 5 nitrogen and oxygen atoms in total. The van der Waals surface area contributed by atoms with Crippen LogP contribution >= 0.6 is 0 Å². The van der Waals surface area contributed by atoms with Gasteiger partial charge in [0.05, 0.1) is 33.4 Å². The lowest BCUT2D eigenvalue weighted by atomic mass is 9.68. The third kappa shape index (κ3) is 5.96. The summed E-state index contributed by atoms with van der Waals surface area (Å²) in [6.45, 7) is 2.39. The SMILES string of the molecule is C[N+](C)(CCCOc1ccccc1)Cc1cnc([C@](O)(C2C=CC=CC2)C2CCCCC2)o1. The first-order valence-electron chi connectivity index (χ1n) is 12.5. The van der Waals surface area contributed by atoms with Crippen LogP contribution in [0.25, 0.3) is 0 Å². The molecule has 178 valence electrons. The molecule has 1 aromatic carbocycles. The highest BCUT2D eigenvalue weighted by molar-refractivity contribution is 5.21. The summed E-state index contributed by atoms with van der Waals surface area (Å²) in [7, 11) is 4.40. The maximum atomic E-state index is 12.1. The van der Waals surface area contributed by atoms with Gasteiger partial charge in [0.1, 0.15) is 17.9 Å². The van der Waals surface area contributed by atoms with Crippen LogP contribution in [0.4, 0.5) is 0 Å². The van der Waals surface area contributed by atoms with Crippen LogP contribution in [0.5, 0.6) is 5.75 Å². The van der Waals surface area contributed by atoms with E-state index in [1.807, 2.05) is 42.6 Å². The van der Waals surface area contributed by atoms with Gasteiger partial charge < -0.3 is 18.7 Å². The van der Waals surface area contributed by atoms with E-state index in [9.17, 15) is 5.11 Å². The van der Waals surface area contributed by atoms with Gasteiger partial charge in [0.15, 0.2) is 5.76 Å². The molecule has 2 aliphatic rings. The number of ether oxygens (including phenoxy) is 1. The van der Waals surface area contributed by atoms with E-state index < -0.39 is 5.60 Å². The summed E-state index contributed by atoms with van der Waals surface area (Å²) in [5, 5.41) is 12.1. The molecular weight excluding hydrogens is 412 g/mol. The summed E-state index contributed by atoms with van der Waals surface area (Å²) in [5.74, 6) is 2.45. The smallest absolute Gasteiger partial charge is 0.227 e. The minimum absolute atomic E-state index is 0.00901. The van der Waals surface area contributed by atoms with Crippen molar-refractivity contribution < 1.29 is 18.7 Å². The van der Waals surface area contributed by atoms with Crippen molar-refractivity contribution >= 4 is 0 Å². The molecule has 33 heavy (non-hydrogen) atoms. The zero-order valence-electron chi connectivity index (χ0n) is 20.2. The van der Waals surface area contributed by atoms with Crippen molar-refractivity contribution in [3.63, 3.8) is 0 Å². The van der Waals surface area contributed by atoms with Gasteiger partial charge in [-0.3, -0.25) is 0 Å². The Morgan fingerprint density at radius 3 is 2.64 bits per heavy atom. The van der Waals surface area contributed by atoms with E-state index in [2.05, 4.69) is 37.3 Å². The molecule has 0 amide bonds. The second-order valence-corrected chi connectivity index (χ2v) is 10.3. The van der Waals surface area contributed by atoms with Crippen LogP contribution in [0.15, 0.2) is 65.2 Å². The molecule has 5 heteroatoms. The van der Waals surface area contributed by atoms with Crippen LogP contribution in [0.2, 0.25) is 0 Å². The monoisotopic (exact) mass is 451 g/mol. The van der Waals surface area contributed by atoms with Gasteiger partial charge in [0, 0.05) is 12.3 Å². The highest BCUT2D eigenvalue weighted by Crippen LogP contribution is 2.46. The summed E-state index contributed by atoms with van der Waals surface area (Å²) < 4.78 is 12.9. The van der Waals surface area contributed by atoms with Crippen molar-refractivity contribution in [3.05, 3.63) is 72.5 Å². The van der Waals surface area contributed by atoms with Crippen molar-refractivity contribution in [3.8, 4) is 5.75 Å². The summed E-state index contributed by atoms with van der Waals surface area (Å²) in [6, 6.07) is 9.95. The molecule has 1 aromatic heterocycles. The maximum absolute atomic E-state index is 12.1. The number of benzene rings is 1. The van der Waals surface area contributed by atoms with E-state index in [1.54, 1.807) is 0 Å². The Morgan fingerprint density at radius 1 is 1.12 bits per heavy atom. The van der Waals surface area contributed by atoms with Crippen molar-refractivity contribution in [2.45, 2.75) is 57.1 Å². The Kier molecular flexibility index (Phi) is 7.71. The average molecular weight is 452 g/mol. The Balaban J connectivity index is 1.40. The first kappa shape index (κ1) is 23.8. The number of quaternary nitrogens is 1. The Bertz CT molecular complexity index is 928. The Hall–Kier alpha value is -2.37. The van der Waals surface area contributed by atoms with E-state index in [0.29, 0.717) is 12.5 Å². The second-order valence-electron chi connectivity index (χ2n) is 10.3. The number of allylic oxidation sites excluding steroid dienone is 3. The highest BCUT2D eigenvalue weighted by atomic mass is 16.5. The van der Waals surface area contributed by atoms with Crippen LogP contribution in [0, 0.1) is 11.8 Å². The Labute approximate surface area is 198 Å². The Morgan fingerprint density at radius 2 is 1.91 bits per heavy atom. The first-order chi connectivity index (χ1) is 16.0. The molecule has 0 radical (unpaired) electrons. The molecule has 1 N–H and O–H groups in total. The lowest BCUT2D eigenvalue weighted by molar-refractivity contribution is -0.904. The molecule has 1 fully saturated rings. The number of para-hydroxylation sites is 1. The molecule has 0 bridgehead atoms. The maximum Gasteiger partial charge on any atom is 0.227 e. The third-order valence-electron chi connectivity index (χ3n) is 7.17. The quantitative estimate of drug-likeness (QED) is 0.376. The van der Waals surface area contributed by atoms with Crippen LogP contribution in [-0.4, -0.2) is 41.8 Å². The standard InChI is InChI=1S/C28H39N2O3/c1-30(2,19-12-20-32-25-17-10-5-11-18-25)22-26-21-29-27(33-26)28(31,23-13-6-3-7-14-23)24-15-8-4-9-16-24/h3,5-7,10-11,13,17-18,21,23-24,31H,4,8-9,12,14-16,19-20,22H2,1-2H3/q+1/t23?,28-/m0/s1. The number of rotatable bonds is 10. The topological polar surface area (TPSA) is 55.5 Å². The molecule has 2 aromatic rings. The number of hydrogen-bond donors (Lipinski definition) is 1. The number of hydrogen-bond acceptors (Lipinski definition) is 4.